The molecule has 0 fully saturated rings. The molecule has 2 rings (SSSR count). The highest BCUT2D eigenvalue weighted by atomic mass is 32.2. The van der Waals surface area contributed by atoms with Gasteiger partial charge in [0.2, 0.25) is 11.8 Å². The fourth-order valence-electron chi connectivity index (χ4n) is 2.67. The van der Waals surface area contributed by atoms with Crippen molar-refractivity contribution in [2.45, 2.75) is 44.3 Å². The molecule has 1 N–H and O–H groups in total. The molecule has 1 heterocycles. The van der Waals surface area contributed by atoms with Crippen LogP contribution in [0.4, 0.5) is 0 Å². The number of amides is 2. The normalized spacial score (nSPS) is 10.8. The van der Waals surface area contributed by atoms with Crippen LogP contribution in [-0.2, 0) is 16.1 Å². The predicted octanol–water partition coefficient (Wildman–Crippen LogP) is 2.27. The van der Waals surface area contributed by atoms with Crippen LogP contribution in [-0.4, -0.2) is 52.7 Å². The van der Waals surface area contributed by atoms with E-state index < -0.39 is 0 Å². The number of carbonyl (C=O) groups excluding carboxylic acids is 2. The summed E-state index contributed by atoms with van der Waals surface area (Å²) in [5, 5.41) is 3.72. The number of hydrogen-bond donors (Lipinski definition) is 1. The standard InChI is InChI=1S/C20H28N4O3S/c1-4-5-6-9-12-24-19(27)15-10-7-8-11-16(15)22-20(24)28-14-17(25)21-13-18(26)23(2)3/h7-8,10-11H,4-6,9,12-14H2,1-3H3,(H,21,25). The Kier molecular flexibility index (Phi) is 8.50. The summed E-state index contributed by atoms with van der Waals surface area (Å²) in [6.45, 7) is 2.69. The summed E-state index contributed by atoms with van der Waals surface area (Å²) in [4.78, 5) is 42.6. The van der Waals surface area contributed by atoms with E-state index in [0.29, 0.717) is 22.6 Å². The molecule has 0 unspecified atom stereocenters. The maximum Gasteiger partial charge on any atom is 0.262 e. The third-order valence-electron chi connectivity index (χ3n) is 4.33. The number of nitrogens with one attached hydrogen (secondary N) is 1. The first kappa shape index (κ1) is 21.9. The number of para-hydroxylation sites is 1. The Morgan fingerprint density at radius 3 is 2.64 bits per heavy atom. The summed E-state index contributed by atoms with van der Waals surface area (Å²) < 4.78 is 1.67. The van der Waals surface area contributed by atoms with Gasteiger partial charge in [-0.15, -0.1) is 0 Å². The highest BCUT2D eigenvalue weighted by Gasteiger charge is 2.14. The fraction of sp³-hybridized carbons (Fsp3) is 0.500. The zero-order chi connectivity index (χ0) is 20.5. The van der Waals surface area contributed by atoms with Crippen molar-refractivity contribution in [2.24, 2.45) is 0 Å². The van der Waals surface area contributed by atoms with Crippen molar-refractivity contribution in [3.63, 3.8) is 0 Å². The minimum Gasteiger partial charge on any atom is -0.347 e. The van der Waals surface area contributed by atoms with Gasteiger partial charge in [-0.05, 0) is 18.6 Å². The maximum absolute atomic E-state index is 12.9. The Hall–Kier alpha value is -2.35. The Labute approximate surface area is 169 Å². The van der Waals surface area contributed by atoms with E-state index in [1.54, 1.807) is 30.8 Å². The number of aromatic nitrogens is 2. The number of fused-ring (bicyclic) bond motifs is 1. The van der Waals surface area contributed by atoms with Crippen molar-refractivity contribution in [3.8, 4) is 0 Å². The van der Waals surface area contributed by atoms with Gasteiger partial charge in [-0.1, -0.05) is 50.1 Å². The second kappa shape index (κ2) is 10.8. The monoisotopic (exact) mass is 404 g/mol. The van der Waals surface area contributed by atoms with E-state index in [2.05, 4.69) is 17.2 Å². The van der Waals surface area contributed by atoms with Gasteiger partial charge in [0.15, 0.2) is 5.16 Å². The van der Waals surface area contributed by atoms with E-state index in [-0.39, 0.29) is 29.7 Å². The van der Waals surface area contributed by atoms with Gasteiger partial charge in [-0.3, -0.25) is 19.0 Å². The molecule has 0 aliphatic carbocycles. The number of hydrogen-bond acceptors (Lipinski definition) is 5. The molecule has 0 spiro atoms. The van der Waals surface area contributed by atoms with Crippen LogP contribution in [0.2, 0.25) is 0 Å². The predicted molar refractivity (Wildman–Crippen MR) is 113 cm³/mol. The van der Waals surface area contributed by atoms with E-state index >= 15 is 0 Å². The zero-order valence-electron chi connectivity index (χ0n) is 16.7. The first-order valence-electron chi connectivity index (χ1n) is 9.53. The summed E-state index contributed by atoms with van der Waals surface area (Å²) in [5.41, 5.74) is 0.552. The van der Waals surface area contributed by atoms with Crippen LogP contribution in [0.15, 0.2) is 34.2 Å². The van der Waals surface area contributed by atoms with Crippen LogP contribution < -0.4 is 10.9 Å². The Morgan fingerprint density at radius 2 is 1.93 bits per heavy atom. The lowest BCUT2D eigenvalue weighted by Crippen LogP contribution is -2.37. The van der Waals surface area contributed by atoms with Gasteiger partial charge in [0.05, 0.1) is 23.2 Å². The van der Waals surface area contributed by atoms with Crippen LogP contribution in [0.25, 0.3) is 10.9 Å². The molecule has 7 nitrogen and oxygen atoms in total. The van der Waals surface area contributed by atoms with Crippen LogP contribution in [0.1, 0.15) is 32.6 Å². The van der Waals surface area contributed by atoms with Crippen molar-refractivity contribution in [2.75, 3.05) is 26.4 Å². The summed E-state index contributed by atoms with van der Waals surface area (Å²) in [6.07, 6.45) is 4.19. The van der Waals surface area contributed by atoms with Crippen LogP contribution in [0.5, 0.6) is 0 Å². The Bertz CT molecular complexity index is 879. The van der Waals surface area contributed by atoms with Crippen LogP contribution in [0.3, 0.4) is 0 Å². The lowest BCUT2D eigenvalue weighted by Gasteiger charge is -2.13. The molecule has 1 aromatic carbocycles. The van der Waals surface area contributed by atoms with Gasteiger partial charge in [-0.2, -0.15) is 0 Å². The molecule has 2 aromatic rings. The molecule has 28 heavy (non-hydrogen) atoms. The van der Waals surface area contributed by atoms with E-state index in [1.165, 1.54) is 16.7 Å². The molecule has 0 saturated heterocycles. The van der Waals surface area contributed by atoms with Crippen molar-refractivity contribution in [1.29, 1.82) is 0 Å². The molecule has 152 valence electrons. The second-order valence-corrected chi connectivity index (χ2v) is 7.73. The van der Waals surface area contributed by atoms with E-state index in [4.69, 9.17) is 0 Å². The summed E-state index contributed by atoms with van der Waals surface area (Å²) in [7, 11) is 3.28. The van der Waals surface area contributed by atoms with Gasteiger partial charge in [0.25, 0.3) is 5.56 Å². The maximum atomic E-state index is 12.9. The molecule has 1 aromatic heterocycles. The number of unbranched alkanes of at least 4 members (excludes halogenated alkanes) is 3. The quantitative estimate of drug-likeness (QED) is 0.373. The molecule has 0 aliphatic rings. The number of thioether (sulfide) groups is 1. The smallest absolute Gasteiger partial charge is 0.262 e. The summed E-state index contributed by atoms with van der Waals surface area (Å²) in [5.74, 6) is -0.337. The average Bonchev–Trinajstić information content (AvgIpc) is 2.69. The summed E-state index contributed by atoms with van der Waals surface area (Å²) >= 11 is 1.22. The number of carbonyl (C=O) groups is 2. The van der Waals surface area contributed by atoms with Gasteiger partial charge < -0.3 is 10.2 Å². The molecular formula is C20H28N4O3S. The molecule has 0 aliphatic heterocycles. The van der Waals surface area contributed by atoms with Crippen LogP contribution in [0, 0.1) is 0 Å². The highest BCUT2D eigenvalue weighted by molar-refractivity contribution is 7.99. The minimum absolute atomic E-state index is 0.0403. The van der Waals surface area contributed by atoms with Crippen molar-refractivity contribution >= 4 is 34.5 Å². The fourth-order valence-corrected chi connectivity index (χ4v) is 3.52. The molecule has 0 atom stereocenters. The van der Waals surface area contributed by atoms with Gasteiger partial charge in [0.1, 0.15) is 0 Å². The van der Waals surface area contributed by atoms with Gasteiger partial charge in [-0.25, -0.2) is 4.98 Å². The molecule has 2 amide bonds. The van der Waals surface area contributed by atoms with Crippen molar-refractivity contribution in [3.05, 3.63) is 34.6 Å². The largest absolute Gasteiger partial charge is 0.347 e. The third kappa shape index (κ3) is 6.09. The number of rotatable bonds is 10. The lowest BCUT2D eigenvalue weighted by molar-refractivity contribution is -0.130. The molecule has 0 saturated carbocycles. The average molecular weight is 405 g/mol. The minimum atomic E-state index is -0.264. The summed E-state index contributed by atoms with van der Waals surface area (Å²) in [6, 6.07) is 7.25. The Morgan fingerprint density at radius 1 is 1.18 bits per heavy atom. The Balaban J connectivity index is 2.13. The third-order valence-corrected chi connectivity index (χ3v) is 5.31. The number of benzene rings is 1. The highest BCUT2D eigenvalue weighted by Crippen LogP contribution is 2.18. The van der Waals surface area contributed by atoms with Gasteiger partial charge >= 0.3 is 0 Å². The van der Waals surface area contributed by atoms with E-state index in [1.807, 2.05) is 12.1 Å². The number of nitrogens with zero attached hydrogens (tertiary/aromatic N) is 3. The first-order valence-corrected chi connectivity index (χ1v) is 10.5. The molecular weight excluding hydrogens is 376 g/mol. The molecule has 0 bridgehead atoms. The lowest BCUT2D eigenvalue weighted by atomic mass is 10.2. The van der Waals surface area contributed by atoms with Crippen molar-refractivity contribution < 1.29 is 9.59 Å². The SMILES string of the molecule is CCCCCCn1c(SCC(=O)NCC(=O)N(C)C)nc2ccccc2c1=O. The van der Waals surface area contributed by atoms with E-state index in [9.17, 15) is 14.4 Å². The number of likely N-dealkylation sites (N-methyl/N-ethyl adjacent to an activating group) is 1. The van der Waals surface area contributed by atoms with Gasteiger partial charge in [0, 0.05) is 20.6 Å². The molecule has 8 heteroatoms. The second-order valence-electron chi connectivity index (χ2n) is 6.78. The van der Waals surface area contributed by atoms with Crippen molar-refractivity contribution in [1.82, 2.24) is 19.8 Å². The van der Waals surface area contributed by atoms with E-state index in [0.717, 1.165) is 25.7 Å². The molecule has 0 radical (unpaired) electrons. The van der Waals surface area contributed by atoms with Crippen LogP contribution >= 0.6 is 11.8 Å². The topological polar surface area (TPSA) is 84.3 Å². The first-order chi connectivity index (χ1) is 13.4. The zero-order valence-corrected chi connectivity index (χ0v) is 17.6.